The van der Waals surface area contributed by atoms with Crippen molar-refractivity contribution in [3.63, 3.8) is 0 Å². The lowest BCUT2D eigenvalue weighted by molar-refractivity contribution is 0.0748. The highest BCUT2D eigenvalue weighted by atomic mass is 16.3. The molecular formula is C27H33N5O3. The Balaban J connectivity index is 1.33. The first-order valence-electron chi connectivity index (χ1n) is 12.6. The van der Waals surface area contributed by atoms with Gasteiger partial charge in [-0.2, -0.15) is 5.10 Å². The van der Waals surface area contributed by atoms with Crippen molar-refractivity contribution in [1.82, 2.24) is 25.7 Å². The molecule has 184 valence electrons. The second kappa shape index (κ2) is 10.1. The van der Waals surface area contributed by atoms with Gasteiger partial charge < -0.3 is 20.6 Å². The van der Waals surface area contributed by atoms with Crippen molar-refractivity contribution in [2.75, 3.05) is 20.1 Å². The van der Waals surface area contributed by atoms with Crippen LogP contribution in [0.5, 0.6) is 5.75 Å². The van der Waals surface area contributed by atoms with Crippen molar-refractivity contribution in [1.29, 1.82) is 0 Å². The second-order valence-electron chi connectivity index (χ2n) is 9.80. The van der Waals surface area contributed by atoms with E-state index in [1.54, 1.807) is 23.1 Å². The maximum absolute atomic E-state index is 13.4. The van der Waals surface area contributed by atoms with E-state index >= 15 is 0 Å². The SMILES string of the molecule is CNCCNC(=O)c1ccc2c(c1)CN(C(=O)c1cc3c(CC4CCCCC4)[nH]nc3cc1O)C2. The molecule has 0 bridgehead atoms. The van der Waals surface area contributed by atoms with Gasteiger partial charge in [-0.1, -0.05) is 38.2 Å². The molecule has 1 aliphatic heterocycles. The zero-order valence-corrected chi connectivity index (χ0v) is 20.2. The number of carbonyl (C=O) groups is 2. The van der Waals surface area contributed by atoms with Crippen molar-refractivity contribution in [2.45, 2.75) is 51.6 Å². The van der Waals surface area contributed by atoms with Crippen molar-refractivity contribution in [3.05, 3.63) is 58.3 Å². The van der Waals surface area contributed by atoms with Gasteiger partial charge in [0.2, 0.25) is 0 Å². The highest BCUT2D eigenvalue weighted by Crippen LogP contribution is 2.33. The standard InChI is InChI=1S/C27H33N5O3/c1-28-9-10-29-26(34)18-7-8-19-15-32(16-20(19)12-18)27(35)22-13-21-23(11-17-5-3-2-4-6-17)30-31-24(21)14-25(22)33/h7-8,12-14,17,28,33H,2-6,9-11,15-16H2,1H3,(H,29,34)(H,30,31). The Morgan fingerprint density at radius 3 is 2.69 bits per heavy atom. The number of hydrogen-bond donors (Lipinski definition) is 4. The Hall–Kier alpha value is -3.39. The minimum absolute atomic E-state index is 0.0567. The van der Waals surface area contributed by atoms with Crippen LogP contribution in [0.3, 0.4) is 0 Å². The van der Waals surface area contributed by atoms with Gasteiger partial charge in [-0.05, 0) is 48.7 Å². The van der Waals surface area contributed by atoms with E-state index < -0.39 is 0 Å². The predicted octanol–water partition coefficient (Wildman–Crippen LogP) is 3.50. The van der Waals surface area contributed by atoms with Crippen molar-refractivity contribution in [3.8, 4) is 5.75 Å². The largest absolute Gasteiger partial charge is 0.507 e. The van der Waals surface area contributed by atoms with E-state index in [0.29, 0.717) is 48.7 Å². The van der Waals surface area contributed by atoms with Crippen molar-refractivity contribution < 1.29 is 14.7 Å². The van der Waals surface area contributed by atoms with Crippen LogP contribution in [0.2, 0.25) is 0 Å². The zero-order chi connectivity index (χ0) is 24.4. The van der Waals surface area contributed by atoms with Gasteiger partial charge >= 0.3 is 0 Å². The van der Waals surface area contributed by atoms with E-state index in [1.807, 2.05) is 19.2 Å². The summed E-state index contributed by atoms with van der Waals surface area (Å²) in [6.07, 6.45) is 7.24. The molecule has 0 unspecified atom stereocenters. The number of aromatic nitrogens is 2. The van der Waals surface area contributed by atoms with E-state index in [4.69, 9.17) is 0 Å². The van der Waals surface area contributed by atoms with Crippen LogP contribution in [0.15, 0.2) is 30.3 Å². The number of rotatable bonds is 7. The van der Waals surface area contributed by atoms with Gasteiger partial charge in [0.15, 0.2) is 0 Å². The molecule has 1 saturated carbocycles. The first kappa shape index (κ1) is 23.4. The lowest BCUT2D eigenvalue weighted by Crippen LogP contribution is -2.30. The fourth-order valence-electron chi connectivity index (χ4n) is 5.36. The molecule has 4 N–H and O–H groups in total. The van der Waals surface area contributed by atoms with E-state index in [0.717, 1.165) is 28.6 Å². The third kappa shape index (κ3) is 4.89. The Morgan fingerprint density at radius 2 is 1.89 bits per heavy atom. The van der Waals surface area contributed by atoms with Gasteiger partial charge in [0.1, 0.15) is 5.75 Å². The number of hydrogen-bond acceptors (Lipinski definition) is 5. The summed E-state index contributed by atoms with van der Waals surface area (Å²) < 4.78 is 0. The highest BCUT2D eigenvalue weighted by molar-refractivity contribution is 6.01. The molecule has 35 heavy (non-hydrogen) atoms. The number of phenols is 1. The molecule has 1 fully saturated rings. The molecule has 0 radical (unpaired) electrons. The molecule has 2 heterocycles. The van der Waals surface area contributed by atoms with Gasteiger partial charge in [-0.15, -0.1) is 0 Å². The number of aromatic hydroxyl groups is 1. The molecule has 1 aliphatic carbocycles. The Morgan fingerprint density at radius 1 is 1.09 bits per heavy atom. The molecule has 8 heteroatoms. The van der Waals surface area contributed by atoms with E-state index in [2.05, 4.69) is 20.8 Å². The number of nitrogens with one attached hydrogen (secondary N) is 3. The number of nitrogens with zero attached hydrogens (tertiary/aromatic N) is 2. The highest BCUT2D eigenvalue weighted by Gasteiger charge is 2.28. The smallest absolute Gasteiger partial charge is 0.258 e. The summed E-state index contributed by atoms with van der Waals surface area (Å²) in [4.78, 5) is 27.6. The van der Waals surface area contributed by atoms with Crippen LogP contribution in [0.25, 0.3) is 10.9 Å². The second-order valence-corrected chi connectivity index (χ2v) is 9.80. The number of likely N-dealkylation sites (N-methyl/N-ethyl adjacent to an activating group) is 1. The lowest BCUT2D eigenvalue weighted by Gasteiger charge is -2.21. The first-order chi connectivity index (χ1) is 17.0. The summed E-state index contributed by atoms with van der Waals surface area (Å²) in [6, 6.07) is 8.95. The molecule has 0 saturated heterocycles. The van der Waals surface area contributed by atoms with Crippen LogP contribution in [0.4, 0.5) is 0 Å². The third-order valence-electron chi connectivity index (χ3n) is 7.34. The summed E-state index contributed by atoms with van der Waals surface area (Å²) >= 11 is 0. The van der Waals surface area contributed by atoms with Crippen LogP contribution in [0, 0.1) is 5.92 Å². The molecule has 0 spiro atoms. The summed E-state index contributed by atoms with van der Waals surface area (Å²) in [5.74, 6) is 0.239. The number of carbonyl (C=O) groups excluding carboxylic acids is 2. The molecule has 5 rings (SSSR count). The average Bonchev–Trinajstić information content (AvgIpc) is 3.47. The first-order valence-corrected chi connectivity index (χ1v) is 12.6. The maximum atomic E-state index is 13.4. The number of aromatic amines is 1. The summed E-state index contributed by atoms with van der Waals surface area (Å²) in [6.45, 7) is 2.11. The quantitative estimate of drug-likeness (QED) is 0.391. The Labute approximate surface area is 205 Å². The van der Waals surface area contributed by atoms with Gasteiger partial charge in [0.25, 0.3) is 11.8 Å². The number of phenolic OH excluding ortho intramolecular Hbond substituents is 1. The molecule has 2 amide bonds. The van der Waals surface area contributed by atoms with Crippen molar-refractivity contribution in [2.24, 2.45) is 5.92 Å². The fraction of sp³-hybridized carbons (Fsp3) is 0.444. The topological polar surface area (TPSA) is 110 Å². The maximum Gasteiger partial charge on any atom is 0.258 e. The van der Waals surface area contributed by atoms with E-state index in [1.165, 1.54) is 32.1 Å². The molecule has 2 aromatic carbocycles. The molecule has 1 aromatic heterocycles. The van der Waals surface area contributed by atoms with Crippen LogP contribution in [-0.4, -0.2) is 52.2 Å². The van der Waals surface area contributed by atoms with Crippen LogP contribution >= 0.6 is 0 Å². The van der Waals surface area contributed by atoms with E-state index in [9.17, 15) is 14.7 Å². The van der Waals surface area contributed by atoms with Crippen LogP contribution < -0.4 is 10.6 Å². The zero-order valence-electron chi connectivity index (χ0n) is 20.2. The van der Waals surface area contributed by atoms with Gasteiger partial charge in [0.05, 0.1) is 11.1 Å². The monoisotopic (exact) mass is 475 g/mol. The van der Waals surface area contributed by atoms with Crippen molar-refractivity contribution >= 4 is 22.7 Å². The molecule has 8 nitrogen and oxygen atoms in total. The van der Waals surface area contributed by atoms with Gasteiger partial charge in [-0.25, -0.2) is 0 Å². The summed E-state index contributed by atoms with van der Waals surface area (Å²) in [7, 11) is 1.84. The summed E-state index contributed by atoms with van der Waals surface area (Å²) in [5.41, 5.74) is 4.59. The Bertz CT molecular complexity index is 1250. The Kier molecular flexibility index (Phi) is 6.72. The normalized spacial score (nSPS) is 16.0. The van der Waals surface area contributed by atoms with E-state index in [-0.39, 0.29) is 17.6 Å². The van der Waals surface area contributed by atoms with Gasteiger partial charge in [0, 0.05) is 48.9 Å². The minimum Gasteiger partial charge on any atom is -0.507 e. The molecular weight excluding hydrogens is 442 g/mol. The average molecular weight is 476 g/mol. The minimum atomic E-state index is -0.217. The van der Waals surface area contributed by atoms with Crippen LogP contribution in [0.1, 0.15) is 69.6 Å². The molecule has 2 aliphatic rings. The number of amides is 2. The predicted molar refractivity (Wildman–Crippen MR) is 134 cm³/mol. The molecule has 3 aromatic rings. The number of H-pyrrole nitrogens is 1. The third-order valence-corrected chi connectivity index (χ3v) is 7.34. The lowest BCUT2D eigenvalue weighted by atomic mass is 9.85. The number of fused-ring (bicyclic) bond motifs is 2. The number of benzene rings is 2. The van der Waals surface area contributed by atoms with Crippen LogP contribution in [-0.2, 0) is 19.5 Å². The summed E-state index contributed by atoms with van der Waals surface area (Å²) in [5, 5.41) is 25.0. The van der Waals surface area contributed by atoms with Gasteiger partial charge in [-0.3, -0.25) is 14.7 Å². The fourth-order valence-corrected chi connectivity index (χ4v) is 5.36. The molecule has 0 atom stereocenters.